The van der Waals surface area contributed by atoms with Crippen LogP contribution in [0.5, 0.6) is 0 Å². The summed E-state index contributed by atoms with van der Waals surface area (Å²) in [7, 11) is 0. The minimum absolute atomic E-state index is 0.481. The summed E-state index contributed by atoms with van der Waals surface area (Å²) < 4.78 is 5.09. The Morgan fingerprint density at radius 2 is 1.38 bits per heavy atom. The van der Waals surface area contributed by atoms with Gasteiger partial charge in [0.2, 0.25) is 0 Å². The van der Waals surface area contributed by atoms with E-state index in [1.807, 2.05) is 23.1 Å². The topological polar surface area (TPSA) is 4.93 Å². The molecule has 0 radical (unpaired) electrons. The highest BCUT2D eigenvalue weighted by Crippen LogP contribution is 2.49. The zero-order valence-corrected chi connectivity index (χ0v) is 22.7. The molecule has 39 heavy (non-hydrogen) atoms. The highest BCUT2D eigenvalue weighted by Gasteiger charge is 2.32. The van der Waals surface area contributed by atoms with E-state index in [1.54, 1.807) is 0 Å². The molecule has 2 aliphatic rings. The molecule has 1 nitrogen and oxygen atoms in total. The average molecular weight is 534 g/mol. The lowest BCUT2D eigenvalue weighted by molar-refractivity contribution is 0.883. The largest absolute Gasteiger partial charge is 0.309 e. The zero-order chi connectivity index (χ0) is 25.5. The second-order valence-electron chi connectivity index (χ2n) is 10.5. The first kappa shape index (κ1) is 21.8. The van der Waals surface area contributed by atoms with Crippen molar-refractivity contribution in [3.05, 3.63) is 139 Å². The molecule has 2 aromatic heterocycles. The van der Waals surface area contributed by atoms with E-state index in [0.29, 0.717) is 11.2 Å². The molecule has 0 saturated carbocycles. The molecule has 0 bridgehead atoms. The normalized spacial score (nSPS) is 18.2. The first-order valence-corrected chi connectivity index (χ1v) is 15.1. The van der Waals surface area contributed by atoms with Crippen molar-refractivity contribution < 1.29 is 0 Å². The molecule has 2 unspecified atom stereocenters. The summed E-state index contributed by atoms with van der Waals surface area (Å²) in [4.78, 5) is 1.42. The van der Waals surface area contributed by atoms with E-state index in [2.05, 4.69) is 132 Å². The number of fused-ring (bicyclic) bond motifs is 9. The molecule has 5 aromatic carbocycles. The number of thiophene rings is 1. The predicted octanol–water partition coefficient (Wildman–Crippen LogP) is 10.4. The number of rotatable bonds is 2. The van der Waals surface area contributed by atoms with Gasteiger partial charge in [-0.2, -0.15) is 0 Å². The van der Waals surface area contributed by atoms with E-state index in [1.165, 1.54) is 69.3 Å². The molecule has 1 aliphatic heterocycles. The Hall–Kier alpha value is -4.05. The molecule has 9 rings (SSSR count). The molecule has 7 aromatic rings. The molecule has 0 amide bonds. The van der Waals surface area contributed by atoms with Crippen LogP contribution in [0, 0.1) is 0 Å². The number of aromatic nitrogens is 1. The smallest absolute Gasteiger partial charge is 0.0541 e. The molecule has 184 valence electrons. The second kappa shape index (κ2) is 8.22. The number of para-hydroxylation sites is 2. The Kier molecular flexibility index (Phi) is 4.60. The maximum atomic E-state index is 2.48. The fourth-order valence-electron chi connectivity index (χ4n) is 6.53. The second-order valence-corrected chi connectivity index (χ2v) is 12.8. The summed E-state index contributed by atoms with van der Waals surface area (Å²) in [5.41, 5.74) is 7.83. The molecule has 2 atom stereocenters. The van der Waals surface area contributed by atoms with E-state index < -0.39 is 0 Å². The number of benzene rings is 5. The minimum atomic E-state index is 0.481. The van der Waals surface area contributed by atoms with Crippen molar-refractivity contribution >= 4 is 70.6 Å². The van der Waals surface area contributed by atoms with E-state index in [9.17, 15) is 0 Å². The number of nitrogens with zero attached hydrogens (tertiary/aromatic N) is 1. The van der Waals surface area contributed by atoms with Gasteiger partial charge in [-0.15, -0.1) is 23.1 Å². The molecule has 0 saturated heterocycles. The standard InChI is InChI=1S/C36H23NS2/c1-4-10-31-25(7-1)26-8-2-5-11-32(26)37(31)24-15-18-34-30(21-24)29-17-14-23(20-36(29)39-34)22-13-16-28-27-9-3-6-12-33(27)38-35(28)19-22/h1-21,28,35H. The van der Waals surface area contributed by atoms with E-state index in [-0.39, 0.29) is 0 Å². The molecular formula is C36H23NS2. The van der Waals surface area contributed by atoms with Crippen LogP contribution >= 0.6 is 23.1 Å². The van der Waals surface area contributed by atoms with Gasteiger partial charge < -0.3 is 4.57 Å². The van der Waals surface area contributed by atoms with Crippen LogP contribution in [0.15, 0.2) is 132 Å². The number of allylic oxidation sites excluding steroid dienone is 3. The maximum absolute atomic E-state index is 2.48. The van der Waals surface area contributed by atoms with Gasteiger partial charge in [0.25, 0.3) is 0 Å². The predicted molar refractivity (Wildman–Crippen MR) is 170 cm³/mol. The van der Waals surface area contributed by atoms with Crippen molar-refractivity contribution in [1.82, 2.24) is 4.57 Å². The van der Waals surface area contributed by atoms with Crippen LogP contribution in [0.2, 0.25) is 0 Å². The van der Waals surface area contributed by atoms with Gasteiger partial charge in [-0.3, -0.25) is 0 Å². The van der Waals surface area contributed by atoms with Crippen molar-refractivity contribution in [2.24, 2.45) is 0 Å². The fourth-order valence-corrected chi connectivity index (χ4v) is 9.04. The zero-order valence-electron chi connectivity index (χ0n) is 21.0. The fraction of sp³-hybridized carbons (Fsp3) is 0.0556. The highest BCUT2D eigenvalue weighted by molar-refractivity contribution is 8.00. The summed E-state index contributed by atoms with van der Waals surface area (Å²) in [5.74, 6) is 0.488. The van der Waals surface area contributed by atoms with Crippen molar-refractivity contribution in [3.8, 4) is 5.69 Å². The number of hydrogen-bond donors (Lipinski definition) is 0. The van der Waals surface area contributed by atoms with Crippen LogP contribution in [0.4, 0.5) is 0 Å². The lowest BCUT2D eigenvalue weighted by Crippen LogP contribution is -2.08. The molecule has 0 spiro atoms. The van der Waals surface area contributed by atoms with Gasteiger partial charge >= 0.3 is 0 Å². The van der Waals surface area contributed by atoms with Crippen LogP contribution in [0.1, 0.15) is 17.0 Å². The Balaban J connectivity index is 1.15. The Bertz CT molecular complexity index is 2120. The average Bonchev–Trinajstić information content (AvgIpc) is 3.65. The van der Waals surface area contributed by atoms with E-state index in [0.717, 1.165) is 0 Å². The van der Waals surface area contributed by atoms with Crippen LogP contribution in [-0.2, 0) is 0 Å². The molecule has 0 N–H and O–H groups in total. The SMILES string of the molecule is C1=CC2c3ccccc3SC2C=C1c1ccc2c(c1)sc1ccc(-n3c4ccccc4c4ccccc43)cc12. The van der Waals surface area contributed by atoms with Crippen LogP contribution in [-0.4, -0.2) is 9.82 Å². The van der Waals surface area contributed by atoms with Crippen molar-refractivity contribution in [2.75, 3.05) is 0 Å². The van der Waals surface area contributed by atoms with Gasteiger partial charge in [0.05, 0.1) is 11.0 Å². The van der Waals surface area contributed by atoms with Crippen LogP contribution in [0.3, 0.4) is 0 Å². The first-order valence-electron chi connectivity index (χ1n) is 13.4. The molecule has 3 heteroatoms. The van der Waals surface area contributed by atoms with Gasteiger partial charge in [-0.1, -0.05) is 85.0 Å². The Labute approximate surface area is 234 Å². The summed E-state index contributed by atoms with van der Waals surface area (Å²) in [5, 5.41) is 5.74. The summed E-state index contributed by atoms with van der Waals surface area (Å²) >= 11 is 3.90. The number of hydrogen-bond acceptors (Lipinski definition) is 2. The van der Waals surface area contributed by atoms with E-state index in [4.69, 9.17) is 0 Å². The maximum Gasteiger partial charge on any atom is 0.0541 e. The Morgan fingerprint density at radius 1 is 0.615 bits per heavy atom. The molecule has 0 fully saturated rings. The number of thioether (sulfide) groups is 1. The van der Waals surface area contributed by atoms with Gasteiger partial charge in [-0.25, -0.2) is 0 Å². The van der Waals surface area contributed by atoms with Crippen molar-refractivity contribution in [2.45, 2.75) is 16.1 Å². The summed E-state index contributed by atoms with van der Waals surface area (Å²) in [6, 6.07) is 40.3. The molecular weight excluding hydrogens is 511 g/mol. The Morgan fingerprint density at radius 3 is 2.23 bits per heavy atom. The first-order chi connectivity index (χ1) is 19.3. The van der Waals surface area contributed by atoms with Crippen LogP contribution in [0.25, 0.3) is 53.2 Å². The summed E-state index contributed by atoms with van der Waals surface area (Å²) in [6.07, 6.45) is 7.22. The monoisotopic (exact) mass is 533 g/mol. The van der Waals surface area contributed by atoms with E-state index >= 15 is 0 Å². The third-order valence-electron chi connectivity index (χ3n) is 8.35. The lowest BCUT2D eigenvalue weighted by atomic mass is 9.88. The van der Waals surface area contributed by atoms with Gasteiger partial charge in [0.15, 0.2) is 0 Å². The van der Waals surface area contributed by atoms with Gasteiger partial charge in [0.1, 0.15) is 0 Å². The van der Waals surface area contributed by atoms with Crippen molar-refractivity contribution in [3.63, 3.8) is 0 Å². The van der Waals surface area contributed by atoms with Gasteiger partial charge in [-0.05, 0) is 59.2 Å². The lowest BCUT2D eigenvalue weighted by Gasteiger charge is -2.19. The minimum Gasteiger partial charge on any atom is -0.309 e. The molecule has 1 aliphatic carbocycles. The van der Waals surface area contributed by atoms with Crippen molar-refractivity contribution in [1.29, 1.82) is 0 Å². The van der Waals surface area contributed by atoms with Gasteiger partial charge in [0, 0.05) is 52.7 Å². The third-order valence-corrected chi connectivity index (χ3v) is 10.8. The highest BCUT2D eigenvalue weighted by atomic mass is 32.2. The molecule has 3 heterocycles. The quantitative estimate of drug-likeness (QED) is 0.214. The summed E-state index contributed by atoms with van der Waals surface area (Å²) in [6.45, 7) is 0. The van der Waals surface area contributed by atoms with Crippen LogP contribution < -0.4 is 0 Å². The third kappa shape index (κ3) is 3.21.